The number of carbonyl (C=O) groups excluding carboxylic acids is 1. The molecule has 0 aromatic heterocycles. The number of benzene rings is 1. The smallest absolute Gasteiger partial charge is 0.321 e. The number of hydrogen-bond acceptors (Lipinski definition) is 2. The van der Waals surface area contributed by atoms with Crippen LogP contribution in [0.5, 0.6) is 0 Å². The van der Waals surface area contributed by atoms with E-state index < -0.39 is 0 Å². The van der Waals surface area contributed by atoms with Crippen LogP contribution in [0.15, 0.2) is 24.3 Å². The Kier molecular flexibility index (Phi) is 8.00. The number of unbranched alkanes of at least 4 members (excludes halogenated alkanes) is 7. The maximum Gasteiger partial charge on any atom is 0.321 e. The second-order valence-corrected chi connectivity index (χ2v) is 8.39. The number of anilines is 1. The van der Waals surface area contributed by atoms with Gasteiger partial charge in [0.15, 0.2) is 0 Å². The van der Waals surface area contributed by atoms with E-state index in [2.05, 4.69) is 41.8 Å². The Morgan fingerprint density at radius 2 is 1.56 bits per heavy atom. The van der Waals surface area contributed by atoms with Crippen molar-refractivity contribution in [1.29, 1.82) is 0 Å². The predicted molar refractivity (Wildman–Crippen MR) is 113 cm³/mol. The first-order valence-corrected chi connectivity index (χ1v) is 11.2. The minimum atomic E-state index is 0.0456. The van der Waals surface area contributed by atoms with Gasteiger partial charge >= 0.3 is 6.03 Å². The summed E-state index contributed by atoms with van der Waals surface area (Å²) in [5, 5.41) is 6.63. The van der Waals surface area contributed by atoms with Gasteiger partial charge in [-0.3, -0.25) is 0 Å². The topological polar surface area (TPSA) is 44.4 Å². The highest BCUT2D eigenvalue weighted by atomic mass is 16.2. The average Bonchev–Trinajstić information content (AvgIpc) is 3.02. The SMILES string of the molecule is CCCCCCCCCCc1ccc(NC(=O)N2CC3CCC(C2)N3)cc1. The number of rotatable bonds is 10. The van der Waals surface area contributed by atoms with Crippen molar-refractivity contribution in [2.45, 2.75) is 89.6 Å². The molecule has 1 aromatic rings. The second kappa shape index (κ2) is 10.7. The number of amides is 2. The lowest BCUT2D eigenvalue weighted by Crippen LogP contribution is -2.54. The van der Waals surface area contributed by atoms with E-state index >= 15 is 0 Å². The third-order valence-corrected chi connectivity index (χ3v) is 6.03. The van der Waals surface area contributed by atoms with Crippen LogP contribution < -0.4 is 10.6 Å². The summed E-state index contributed by atoms with van der Waals surface area (Å²) in [5.41, 5.74) is 2.28. The number of aryl methyl sites for hydroxylation is 1. The number of nitrogens with zero attached hydrogens (tertiary/aromatic N) is 1. The largest absolute Gasteiger partial charge is 0.321 e. The van der Waals surface area contributed by atoms with Crippen LogP contribution in [0.3, 0.4) is 0 Å². The van der Waals surface area contributed by atoms with Crippen LogP contribution >= 0.6 is 0 Å². The summed E-state index contributed by atoms with van der Waals surface area (Å²) in [6, 6.07) is 9.46. The van der Waals surface area contributed by atoms with Gasteiger partial charge in [0.1, 0.15) is 0 Å². The molecule has 27 heavy (non-hydrogen) atoms. The number of piperazine rings is 1. The number of urea groups is 1. The Morgan fingerprint density at radius 3 is 2.19 bits per heavy atom. The molecule has 150 valence electrons. The van der Waals surface area contributed by atoms with Gasteiger partial charge < -0.3 is 15.5 Å². The summed E-state index contributed by atoms with van der Waals surface area (Å²) in [6.07, 6.45) is 14.4. The van der Waals surface area contributed by atoms with Crippen molar-refractivity contribution in [3.8, 4) is 0 Å². The van der Waals surface area contributed by atoms with E-state index in [1.165, 1.54) is 69.8 Å². The molecular weight excluding hydrogens is 334 g/mol. The van der Waals surface area contributed by atoms with Crippen LogP contribution in [-0.2, 0) is 6.42 Å². The Bertz CT molecular complexity index is 559. The van der Waals surface area contributed by atoms with Crippen LogP contribution in [0, 0.1) is 0 Å². The van der Waals surface area contributed by atoms with Crippen molar-refractivity contribution in [1.82, 2.24) is 10.2 Å². The minimum Gasteiger partial charge on any atom is -0.321 e. The molecule has 2 N–H and O–H groups in total. The van der Waals surface area contributed by atoms with Gasteiger partial charge in [-0.2, -0.15) is 0 Å². The summed E-state index contributed by atoms with van der Waals surface area (Å²) in [5.74, 6) is 0. The maximum atomic E-state index is 12.5. The third kappa shape index (κ3) is 6.53. The first-order chi connectivity index (χ1) is 13.2. The zero-order valence-electron chi connectivity index (χ0n) is 17.0. The molecule has 0 aliphatic carbocycles. The lowest BCUT2D eigenvalue weighted by Gasteiger charge is -2.32. The van der Waals surface area contributed by atoms with Crippen LogP contribution in [-0.4, -0.2) is 36.1 Å². The number of hydrogen-bond donors (Lipinski definition) is 2. The summed E-state index contributed by atoms with van der Waals surface area (Å²) in [7, 11) is 0. The summed E-state index contributed by atoms with van der Waals surface area (Å²) < 4.78 is 0. The quantitative estimate of drug-likeness (QED) is 0.545. The van der Waals surface area contributed by atoms with E-state index in [0.29, 0.717) is 12.1 Å². The Morgan fingerprint density at radius 1 is 0.963 bits per heavy atom. The van der Waals surface area contributed by atoms with Crippen LogP contribution in [0.25, 0.3) is 0 Å². The van der Waals surface area contributed by atoms with Crippen molar-refractivity contribution >= 4 is 11.7 Å². The number of fused-ring (bicyclic) bond motifs is 2. The summed E-state index contributed by atoms with van der Waals surface area (Å²) in [4.78, 5) is 14.5. The molecule has 4 nitrogen and oxygen atoms in total. The highest BCUT2D eigenvalue weighted by Gasteiger charge is 2.34. The summed E-state index contributed by atoms with van der Waals surface area (Å²) in [6.45, 7) is 3.93. The van der Waals surface area contributed by atoms with Crippen molar-refractivity contribution in [2.24, 2.45) is 0 Å². The molecule has 2 atom stereocenters. The lowest BCUT2D eigenvalue weighted by atomic mass is 10.0. The van der Waals surface area contributed by atoms with Crippen molar-refractivity contribution < 1.29 is 4.79 Å². The molecule has 0 spiro atoms. The second-order valence-electron chi connectivity index (χ2n) is 8.39. The first kappa shape index (κ1) is 20.2. The maximum absolute atomic E-state index is 12.5. The number of likely N-dealkylation sites (tertiary alicyclic amines) is 1. The van der Waals surface area contributed by atoms with Gasteiger partial charge in [-0.05, 0) is 43.4 Å². The van der Waals surface area contributed by atoms with Crippen LogP contribution in [0.1, 0.15) is 76.7 Å². The van der Waals surface area contributed by atoms with Gasteiger partial charge in [0.25, 0.3) is 0 Å². The van der Waals surface area contributed by atoms with E-state index in [9.17, 15) is 4.79 Å². The fraction of sp³-hybridized carbons (Fsp3) is 0.696. The molecule has 2 aliphatic heterocycles. The summed E-state index contributed by atoms with van der Waals surface area (Å²) >= 11 is 0. The zero-order chi connectivity index (χ0) is 18.9. The molecule has 2 amide bonds. The first-order valence-electron chi connectivity index (χ1n) is 11.2. The van der Waals surface area contributed by atoms with Gasteiger partial charge in [-0.25, -0.2) is 4.79 Å². The van der Waals surface area contributed by atoms with E-state index in [1.54, 1.807) is 0 Å². The average molecular weight is 372 g/mol. The number of carbonyl (C=O) groups is 1. The Labute approximate surface area is 165 Å². The molecule has 2 aliphatic rings. The monoisotopic (exact) mass is 371 g/mol. The van der Waals surface area contributed by atoms with E-state index in [0.717, 1.165) is 25.2 Å². The highest BCUT2D eigenvalue weighted by Crippen LogP contribution is 2.21. The van der Waals surface area contributed by atoms with Gasteiger partial charge in [0.05, 0.1) is 0 Å². The molecule has 1 aromatic carbocycles. The normalized spacial score (nSPS) is 21.4. The fourth-order valence-corrected chi connectivity index (χ4v) is 4.38. The van der Waals surface area contributed by atoms with Crippen molar-refractivity contribution in [2.75, 3.05) is 18.4 Å². The lowest BCUT2D eigenvalue weighted by molar-refractivity contribution is 0.188. The van der Waals surface area contributed by atoms with E-state index in [1.807, 2.05) is 4.90 Å². The molecule has 2 bridgehead atoms. The molecule has 2 heterocycles. The van der Waals surface area contributed by atoms with Crippen molar-refractivity contribution in [3.63, 3.8) is 0 Å². The molecule has 3 rings (SSSR count). The predicted octanol–water partition coefficient (Wildman–Crippen LogP) is 5.34. The van der Waals surface area contributed by atoms with Gasteiger partial charge in [0.2, 0.25) is 0 Å². The third-order valence-electron chi connectivity index (χ3n) is 6.03. The standard InChI is InChI=1S/C23H37N3O/c1-2-3-4-5-6-7-8-9-10-19-11-13-20(14-12-19)25-23(27)26-17-21-15-16-22(18-26)24-21/h11-14,21-22,24H,2-10,15-18H2,1H3,(H,25,27). The molecule has 2 fully saturated rings. The minimum absolute atomic E-state index is 0.0456. The fourth-order valence-electron chi connectivity index (χ4n) is 4.38. The molecule has 0 saturated carbocycles. The Balaban J connectivity index is 1.32. The van der Waals surface area contributed by atoms with E-state index in [4.69, 9.17) is 0 Å². The van der Waals surface area contributed by atoms with Crippen LogP contribution in [0.2, 0.25) is 0 Å². The van der Waals surface area contributed by atoms with Crippen molar-refractivity contribution in [3.05, 3.63) is 29.8 Å². The molecule has 2 saturated heterocycles. The molecular formula is C23H37N3O. The van der Waals surface area contributed by atoms with Gasteiger partial charge in [0, 0.05) is 30.9 Å². The zero-order valence-corrected chi connectivity index (χ0v) is 17.0. The van der Waals surface area contributed by atoms with Crippen LogP contribution in [0.4, 0.5) is 10.5 Å². The number of nitrogens with one attached hydrogen (secondary N) is 2. The molecule has 2 unspecified atom stereocenters. The Hall–Kier alpha value is -1.55. The van der Waals surface area contributed by atoms with Gasteiger partial charge in [-0.1, -0.05) is 64.0 Å². The molecule has 0 radical (unpaired) electrons. The van der Waals surface area contributed by atoms with E-state index in [-0.39, 0.29) is 6.03 Å². The highest BCUT2D eigenvalue weighted by molar-refractivity contribution is 5.89. The van der Waals surface area contributed by atoms with Gasteiger partial charge in [-0.15, -0.1) is 0 Å². The molecule has 4 heteroatoms.